The Kier molecular flexibility index (Phi) is 2.68. The molecule has 0 amide bonds. The molecule has 0 spiro atoms. The van der Waals surface area contributed by atoms with Gasteiger partial charge >= 0.3 is 0 Å². The molecule has 0 unspecified atom stereocenters. The predicted molar refractivity (Wildman–Crippen MR) is 61.5 cm³/mol. The van der Waals surface area contributed by atoms with Crippen LogP contribution in [0.3, 0.4) is 0 Å². The van der Waals surface area contributed by atoms with Gasteiger partial charge in [-0.1, -0.05) is 0 Å². The zero-order valence-corrected chi connectivity index (χ0v) is 9.98. The SMILES string of the molecule is CNc1nc(-c2cnn(C)c2)ncc1Br. The molecule has 0 aliphatic rings. The van der Waals surface area contributed by atoms with E-state index in [-0.39, 0.29) is 0 Å². The smallest absolute Gasteiger partial charge is 0.164 e. The van der Waals surface area contributed by atoms with Crippen molar-refractivity contribution < 1.29 is 0 Å². The number of aromatic nitrogens is 4. The molecule has 2 rings (SSSR count). The van der Waals surface area contributed by atoms with E-state index in [0.717, 1.165) is 15.9 Å². The van der Waals surface area contributed by atoms with Crippen LogP contribution in [0.15, 0.2) is 23.1 Å². The molecule has 0 saturated heterocycles. The van der Waals surface area contributed by atoms with Gasteiger partial charge in [0.15, 0.2) is 5.82 Å². The molecule has 0 bridgehead atoms. The van der Waals surface area contributed by atoms with Crippen LogP contribution < -0.4 is 5.32 Å². The van der Waals surface area contributed by atoms with Crippen molar-refractivity contribution in [3.05, 3.63) is 23.1 Å². The molecule has 0 aliphatic heterocycles. The van der Waals surface area contributed by atoms with E-state index in [2.05, 4.69) is 36.3 Å². The lowest BCUT2D eigenvalue weighted by Gasteiger charge is -2.03. The first-order valence-electron chi connectivity index (χ1n) is 4.40. The quantitative estimate of drug-likeness (QED) is 0.900. The Labute approximate surface area is 95.7 Å². The van der Waals surface area contributed by atoms with Gasteiger partial charge in [0.25, 0.3) is 0 Å². The van der Waals surface area contributed by atoms with E-state index in [1.54, 1.807) is 17.1 Å². The minimum absolute atomic E-state index is 0.663. The Morgan fingerprint density at radius 2 is 2.20 bits per heavy atom. The van der Waals surface area contributed by atoms with E-state index >= 15 is 0 Å². The van der Waals surface area contributed by atoms with Gasteiger partial charge in [-0.3, -0.25) is 4.68 Å². The van der Waals surface area contributed by atoms with Gasteiger partial charge in [-0.05, 0) is 15.9 Å². The molecule has 2 aromatic heterocycles. The fourth-order valence-electron chi connectivity index (χ4n) is 1.22. The summed E-state index contributed by atoms with van der Waals surface area (Å²) in [4.78, 5) is 8.57. The summed E-state index contributed by atoms with van der Waals surface area (Å²) in [6, 6.07) is 0. The van der Waals surface area contributed by atoms with E-state index in [1.807, 2.05) is 20.3 Å². The Morgan fingerprint density at radius 1 is 1.40 bits per heavy atom. The van der Waals surface area contributed by atoms with Crippen LogP contribution in [-0.2, 0) is 7.05 Å². The summed E-state index contributed by atoms with van der Waals surface area (Å²) in [5, 5.41) is 7.06. The van der Waals surface area contributed by atoms with Crippen molar-refractivity contribution >= 4 is 21.7 Å². The van der Waals surface area contributed by atoms with Gasteiger partial charge in [0.2, 0.25) is 0 Å². The molecule has 0 atom stereocenters. The Bertz CT molecular complexity index is 479. The van der Waals surface area contributed by atoms with Gasteiger partial charge in [-0.2, -0.15) is 5.10 Å². The highest BCUT2D eigenvalue weighted by Gasteiger charge is 2.06. The third-order valence-electron chi connectivity index (χ3n) is 1.94. The minimum atomic E-state index is 0.663. The van der Waals surface area contributed by atoms with Crippen LogP contribution >= 0.6 is 15.9 Å². The third kappa shape index (κ3) is 1.99. The van der Waals surface area contributed by atoms with Crippen molar-refractivity contribution in [1.82, 2.24) is 19.7 Å². The van der Waals surface area contributed by atoms with Crippen molar-refractivity contribution in [1.29, 1.82) is 0 Å². The largest absolute Gasteiger partial charge is 0.372 e. The normalized spacial score (nSPS) is 10.3. The fraction of sp³-hybridized carbons (Fsp3) is 0.222. The van der Waals surface area contributed by atoms with Gasteiger partial charge in [-0.25, -0.2) is 9.97 Å². The average molecular weight is 268 g/mol. The van der Waals surface area contributed by atoms with E-state index in [9.17, 15) is 0 Å². The molecule has 0 aliphatic carbocycles. The van der Waals surface area contributed by atoms with Crippen LogP contribution in [0.1, 0.15) is 0 Å². The molecule has 6 heteroatoms. The van der Waals surface area contributed by atoms with Crippen LogP contribution in [0, 0.1) is 0 Å². The van der Waals surface area contributed by atoms with E-state index < -0.39 is 0 Å². The Balaban J connectivity index is 2.45. The highest BCUT2D eigenvalue weighted by atomic mass is 79.9. The molecule has 0 aromatic carbocycles. The summed E-state index contributed by atoms with van der Waals surface area (Å²) in [6.07, 6.45) is 5.34. The van der Waals surface area contributed by atoms with Crippen LogP contribution in [-0.4, -0.2) is 26.8 Å². The lowest BCUT2D eigenvalue weighted by atomic mass is 10.3. The number of aryl methyl sites for hydroxylation is 1. The summed E-state index contributed by atoms with van der Waals surface area (Å²) in [5.41, 5.74) is 0.904. The predicted octanol–water partition coefficient (Wildman–Crippen LogP) is 1.68. The number of nitrogens with one attached hydrogen (secondary N) is 1. The summed E-state index contributed by atoms with van der Waals surface area (Å²) in [7, 11) is 3.68. The van der Waals surface area contributed by atoms with E-state index in [4.69, 9.17) is 0 Å². The van der Waals surface area contributed by atoms with Crippen LogP contribution in [0.5, 0.6) is 0 Å². The summed E-state index contributed by atoms with van der Waals surface area (Å²) in [5.74, 6) is 1.43. The van der Waals surface area contributed by atoms with Gasteiger partial charge < -0.3 is 5.32 Å². The second-order valence-electron chi connectivity index (χ2n) is 3.04. The maximum absolute atomic E-state index is 4.35. The maximum Gasteiger partial charge on any atom is 0.164 e. The standard InChI is InChI=1S/C9H10BrN5/c1-11-9-7(10)4-12-8(14-9)6-3-13-15(2)5-6/h3-5H,1-2H3,(H,11,12,14). The van der Waals surface area contributed by atoms with Crippen molar-refractivity contribution in [3.8, 4) is 11.4 Å². The zero-order valence-electron chi connectivity index (χ0n) is 8.40. The lowest BCUT2D eigenvalue weighted by molar-refractivity contribution is 0.768. The van der Waals surface area contributed by atoms with E-state index in [0.29, 0.717) is 5.82 Å². The molecule has 15 heavy (non-hydrogen) atoms. The molecule has 0 radical (unpaired) electrons. The van der Waals surface area contributed by atoms with Gasteiger partial charge in [-0.15, -0.1) is 0 Å². The van der Waals surface area contributed by atoms with Crippen molar-refractivity contribution in [2.24, 2.45) is 7.05 Å². The number of nitrogens with zero attached hydrogens (tertiary/aromatic N) is 4. The number of rotatable bonds is 2. The fourth-order valence-corrected chi connectivity index (χ4v) is 1.61. The number of halogens is 1. The second kappa shape index (κ2) is 3.98. The van der Waals surface area contributed by atoms with Crippen molar-refractivity contribution in [2.45, 2.75) is 0 Å². The maximum atomic E-state index is 4.35. The molecule has 78 valence electrons. The van der Waals surface area contributed by atoms with Crippen LogP contribution in [0.4, 0.5) is 5.82 Å². The van der Waals surface area contributed by atoms with Gasteiger partial charge in [0, 0.05) is 26.5 Å². The first-order chi connectivity index (χ1) is 7.20. The summed E-state index contributed by atoms with van der Waals surface area (Å²) in [6.45, 7) is 0. The Morgan fingerprint density at radius 3 is 2.80 bits per heavy atom. The summed E-state index contributed by atoms with van der Waals surface area (Å²) >= 11 is 3.36. The summed E-state index contributed by atoms with van der Waals surface area (Å²) < 4.78 is 2.57. The number of anilines is 1. The topological polar surface area (TPSA) is 55.6 Å². The van der Waals surface area contributed by atoms with E-state index in [1.165, 1.54) is 0 Å². The molecule has 0 fully saturated rings. The lowest BCUT2D eigenvalue weighted by Crippen LogP contribution is -1.97. The number of hydrogen-bond donors (Lipinski definition) is 1. The average Bonchev–Trinajstić information content (AvgIpc) is 2.66. The Hall–Kier alpha value is -1.43. The second-order valence-corrected chi connectivity index (χ2v) is 3.90. The highest BCUT2D eigenvalue weighted by Crippen LogP contribution is 2.22. The first kappa shape index (κ1) is 10.1. The monoisotopic (exact) mass is 267 g/mol. The highest BCUT2D eigenvalue weighted by molar-refractivity contribution is 9.10. The third-order valence-corrected chi connectivity index (χ3v) is 2.52. The van der Waals surface area contributed by atoms with Crippen molar-refractivity contribution in [2.75, 3.05) is 12.4 Å². The molecule has 0 saturated carbocycles. The molecular formula is C9H10BrN5. The van der Waals surface area contributed by atoms with Gasteiger partial charge in [0.05, 0.1) is 16.2 Å². The van der Waals surface area contributed by atoms with Crippen molar-refractivity contribution in [3.63, 3.8) is 0 Å². The molecule has 1 N–H and O–H groups in total. The zero-order chi connectivity index (χ0) is 10.8. The minimum Gasteiger partial charge on any atom is -0.372 e. The van der Waals surface area contributed by atoms with Crippen LogP contribution in [0.2, 0.25) is 0 Å². The molecule has 5 nitrogen and oxygen atoms in total. The molecule has 2 aromatic rings. The first-order valence-corrected chi connectivity index (χ1v) is 5.19. The molecule has 2 heterocycles. The van der Waals surface area contributed by atoms with Crippen LogP contribution in [0.25, 0.3) is 11.4 Å². The number of hydrogen-bond acceptors (Lipinski definition) is 4. The molecular weight excluding hydrogens is 258 g/mol. The van der Waals surface area contributed by atoms with Gasteiger partial charge in [0.1, 0.15) is 5.82 Å².